The summed E-state index contributed by atoms with van der Waals surface area (Å²) in [6, 6.07) is 15.7. The van der Waals surface area contributed by atoms with Crippen molar-refractivity contribution < 1.29 is 34.0 Å². The van der Waals surface area contributed by atoms with Crippen molar-refractivity contribution in [2.75, 3.05) is 21.0 Å². The second kappa shape index (κ2) is 7.67. The highest BCUT2D eigenvalue weighted by Gasteiger charge is 2.48. The summed E-state index contributed by atoms with van der Waals surface area (Å²) in [5.41, 5.74) is 3.03. The standard InChI is InChI=1S/C25H22O7/c1-29-15-5-7-17(19(27)11-15)23-18-10-14(26)4-6-16(18)22(24(23)25(28)30-2)13-3-8-20-21(9-13)32-12-31-20/h3-11,22-24,26-27H,12H2,1-2H3. The summed E-state index contributed by atoms with van der Waals surface area (Å²) in [4.78, 5) is 13.2. The molecule has 0 bridgehead atoms. The lowest BCUT2D eigenvalue weighted by Crippen LogP contribution is -2.25. The summed E-state index contributed by atoms with van der Waals surface area (Å²) < 4.78 is 21.4. The minimum atomic E-state index is -0.670. The van der Waals surface area contributed by atoms with Gasteiger partial charge in [-0.25, -0.2) is 0 Å². The highest BCUT2D eigenvalue weighted by Crippen LogP contribution is 2.56. The summed E-state index contributed by atoms with van der Waals surface area (Å²) in [5, 5.41) is 21.0. The molecule has 2 aliphatic rings. The molecule has 1 heterocycles. The molecule has 0 saturated carbocycles. The molecule has 0 aromatic heterocycles. The van der Waals surface area contributed by atoms with Gasteiger partial charge in [-0.3, -0.25) is 4.79 Å². The Kier molecular flexibility index (Phi) is 4.81. The van der Waals surface area contributed by atoms with Gasteiger partial charge in [0.05, 0.1) is 20.1 Å². The van der Waals surface area contributed by atoms with E-state index in [4.69, 9.17) is 18.9 Å². The predicted octanol–water partition coefficient (Wildman–Crippen LogP) is 3.90. The van der Waals surface area contributed by atoms with E-state index in [0.717, 1.165) is 16.7 Å². The third-order valence-corrected chi connectivity index (χ3v) is 6.26. The molecule has 0 radical (unpaired) electrons. The molecular formula is C25H22O7. The van der Waals surface area contributed by atoms with Crippen LogP contribution in [-0.2, 0) is 9.53 Å². The maximum Gasteiger partial charge on any atom is 0.310 e. The Balaban J connectivity index is 1.72. The van der Waals surface area contributed by atoms with Gasteiger partial charge in [-0.2, -0.15) is 0 Å². The first-order chi connectivity index (χ1) is 15.5. The van der Waals surface area contributed by atoms with Crippen molar-refractivity contribution in [3.63, 3.8) is 0 Å². The van der Waals surface area contributed by atoms with Gasteiger partial charge in [0.15, 0.2) is 11.5 Å². The summed E-state index contributed by atoms with van der Waals surface area (Å²) in [6.45, 7) is 0.149. The molecule has 3 atom stereocenters. The maximum atomic E-state index is 13.2. The molecule has 2 N–H and O–H groups in total. The van der Waals surface area contributed by atoms with E-state index in [1.807, 2.05) is 24.3 Å². The molecule has 7 heteroatoms. The lowest BCUT2D eigenvalue weighted by Gasteiger charge is -2.25. The average molecular weight is 434 g/mol. The summed E-state index contributed by atoms with van der Waals surface area (Å²) in [7, 11) is 2.87. The molecule has 3 aromatic rings. The van der Waals surface area contributed by atoms with Crippen molar-refractivity contribution in [3.8, 4) is 28.7 Å². The number of methoxy groups -OCH3 is 2. The Morgan fingerprint density at radius 1 is 0.875 bits per heavy atom. The normalized spacial score (nSPS) is 20.6. The third kappa shape index (κ3) is 3.09. The van der Waals surface area contributed by atoms with Crippen molar-refractivity contribution in [2.45, 2.75) is 11.8 Å². The zero-order chi connectivity index (χ0) is 22.4. The van der Waals surface area contributed by atoms with E-state index >= 15 is 0 Å². The van der Waals surface area contributed by atoms with Gasteiger partial charge in [0.1, 0.15) is 17.2 Å². The van der Waals surface area contributed by atoms with Crippen LogP contribution in [0.4, 0.5) is 0 Å². The molecule has 32 heavy (non-hydrogen) atoms. The Morgan fingerprint density at radius 3 is 2.41 bits per heavy atom. The van der Waals surface area contributed by atoms with Crippen molar-refractivity contribution >= 4 is 5.97 Å². The minimum absolute atomic E-state index is 0.00359. The first-order valence-corrected chi connectivity index (χ1v) is 10.2. The van der Waals surface area contributed by atoms with E-state index < -0.39 is 17.8 Å². The van der Waals surface area contributed by atoms with Crippen LogP contribution < -0.4 is 14.2 Å². The van der Waals surface area contributed by atoms with E-state index in [0.29, 0.717) is 22.8 Å². The number of benzene rings is 3. The number of phenolic OH excluding ortho intramolecular Hbond substituents is 2. The van der Waals surface area contributed by atoms with Crippen LogP contribution in [0.15, 0.2) is 54.6 Å². The number of fused-ring (bicyclic) bond motifs is 2. The summed E-state index contributed by atoms with van der Waals surface area (Å²) in [6.07, 6.45) is 0. The fourth-order valence-electron chi connectivity index (χ4n) is 4.87. The van der Waals surface area contributed by atoms with E-state index in [2.05, 4.69) is 0 Å². The van der Waals surface area contributed by atoms with Gasteiger partial charge in [-0.05, 0) is 47.0 Å². The molecule has 7 nitrogen and oxygen atoms in total. The van der Waals surface area contributed by atoms with Crippen molar-refractivity contribution in [1.29, 1.82) is 0 Å². The smallest absolute Gasteiger partial charge is 0.310 e. The van der Waals surface area contributed by atoms with Crippen LogP contribution in [0, 0.1) is 5.92 Å². The topological polar surface area (TPSA) is 94.5 Å². The van der Waals surface area contributed by atoms with Crippen LogP contribution in [0.1, 0.15) is 34.1 Å². The van der Waals surface area contributed by atoms with Gasteiger partial charge in [0.25, 0.3) is 0 Å². The number of rotatable bonds is 4. The Morgan fingerprint density at radius 2 is 1.66 bits per heavy atom. The molecule has 0 fully saturated rings. The van der Waals surface area contributed by atoms with Crippen LogP contribution in [0.25, 0.3) is 0 Å². The number of esters is 1. The van der Waals surface area contributed by atoms with E-state index in [1.54, 1.807) is 24.3 Å². The van der Waals surface area contributed by atoms with Gasteiger partial charge < -0.3 is 29.2 Å². The van der Waals surface area contributed by atoms with E-state index in [1.165, 1.54) is 20.3 Å². The molecule has 0 spiro atoms. The zero-order valence-electron chi connectivity index (χ0n) is 17.6. The Labute approximate surface area is 184 Å². The fourth-order valence-corrected chi connectivity index (χ4v) is 4.87. The monoisotopic (exact) mass is 434 g/mol. The molecular weight excluding hydrogens is 412 g/mol. The number of ether oxygens (including phenoxy) is 4. The fraction of sp³-hybridized carbons (Fsp3) is 0.240. The summed E-state index contributed by atoms with van der Waals surface area (Å²) >= 11 is 0. The van der Waals surface area contributed by atoms with Gasteiger partial charge >= 0.3 is 5.97 Å². The second-order valence-corrected chi connectivity index (χ2v) is 7.85. The predicted molar refractivity (Wildman–Crippen MR) is 115 cm³/mol. The average Bonchev–Trinajstić information content (AvgIpc) is 3.40. The summed E-state index contributed by atoms with van der Waals surface area (Å²) in [5.74, 6) is -0.147. The number of hydrogen-bond donors (Lipinski definition) is 2. The van der Waals surface area contributed by atoms with Crippen LogP contribution in [0.3, 0.4) is 0 Å². The first-order valence-electron chi connectivity index (χ1n) is 10.2. The van der Waals surface area contributed by atoms with Crippen LogP contribution >= 0.6 is 0 Å². The SMILES string of the molecule is COC(=O)C1C(c2ccc3c(c2)OCO3)c2ccc(O)cc2C1c1ccc(OC)cc1O. The van der Waals surface area contributed by atoms with Gasteiger partial charge in [-0.15, -0.1) is 0 Å². The van der Waals surface area contributed by atoms with Gasteiger partial charge in [0, 0.05) is 23.5 Å². The lowest BCUT2D eigenvalue weighted by molar-refractivity contribution is -0.146. The molecule has 3 unspecified atom stereocenters. The highest BCUT2D eigenvalue weighted by molar-refractivity contribution is 5.80. The third-order valence-electron chi connectivity index (χ3n) is 6.26. The lowest BCUT2D eigenvalue weighted by atomic mass is 9.79. The van der Waals surface area contributed by atoms with Crippen molar-refractivity contribution in [2.24, 2.45) is 5.92 Å². The molecule has 0 saturated heterocycles. The number of phenols is 2. The first kappa shape index (κ1) is 20.1. The quantitative estimate of drug-likeness (QED) is 0.602. The zero-order valence-corrected chi connectivity index (χ0v) is 17.6. The van der Waals surface area contributed by atoms with Gasteiger partial charge in [0.2, 0.25) is 6.79 Å². The van der Waals surface area contributed by atoms with Crippen LogP contribution in [0.2, 0.25) is 0 Å². The number of carbonyl (C=O) groups excluding carboxylic acids is 1. The number of carbonyl (C=O) groups is 1. The number of aromatic hydroxyl groups is 2. The number of hydrogen-bond acceptors (Lipinski definition) is 7. The molecule has 1 aliphatic carbocycles. The molecule has 0 amide bonds. The van der Waals surface area contributed by atoms with Crippen LogP contribution in [0.5, 0.6) is 28.7 Å². The maximum absolute atomic E-state index is 13.2. The Bertz CT molecular complexity index is 1200. The minimum Gasteiger partial charge on any atom is -0.508 e. The highest BCUT2D eigenvalue weighted by atomic mass is 16.7. The van der Waals surface area contributed by atoms with Crippen molar-refractivity contribution in [1.82, 2.24) is 0 Å². The molecule has 1 aliphatic heterocycles. The van der Waals surface area contributed by atoms with Crippen LogP contribution in [-0.4, -0.2) is 37.2 Å². The van der Waals surface area contributed by atoms with E-state index in [-0.39, 0.29) is 24.2 Å². The molecule has 5 rings (SSSR count). The van der Waals surface area contributed by atoms with Crippen molar-refractivity contribution in [3.05, 3.63) is 76.9 Å². The van der Waals surface area contributed by atoms with Gasteiger partial charge in [-0.1, -0.05) is 18.2 Å². The Hall–Kier alpha value is -3.87. The largest absolute Gasteiger partial charge is 0.508 e. The molecule has 164 valence electrons. The van der Waals surface area contributed by atoms with E-state index in [9.17, 15) is 15.0 Å². The second-order valence-electron chi connectivity index (χ2n) is 7.85. The molecule has 3 aromatic carbocycles.